The maximum absolute atomic E-state index is 10.7. The van der Waals surface area contributed by atoms with Gasteiger partial charge in [0.05, 0.1) is 54.9 Å². The van der Waals surface area contributed by atoms with Gasteiger partial charge in [0.15, 0.2) is 0 Å². The van der Waals surface area contributed by atoms with Crippen LogP contribution in [0, 0.1) is 6.92 Å². The first-order valence-electron chi connectivity index (χ1n) is 16.1. The van der Waals surface area contributed by atoms with Gasteiger partial charge in [0.25, 0.3) is 5.82 Å². The Hall–Kier alpha value is -4.06. The van der Waals surface area contributed by atoms with Gasteiger partial charge in [-0.1, -0.05) is 13.3 Å². The van der Waals surface area contributed by atoms with E-state index in [0.717, 1.165) is 19.6 Å². The van der Waals surface area contributed by atoms with Gasteiger partial charge < -0.3 is 0 Å². The van der Waals surface area contributed by atoms with E-state index in [2.05, 4.69) is 98.9 Å². The Morgan fingerprint density at radius 3 is 0.948 bits per heavy atom. The number of hydrogen-bond donors (Lipinski definition) is 3. The lowest BCUT2D eigenvalue weighted by atomic mass is 10.3. The van der Waals surface area contributed by atoms with Gasteiger partial charge in [-0.2, -0.15) is 64.8 Å². The van der Waals surface area contributed by atoms with E-state index < -0.39 is 46.9 Å². The molecular formula is C29H51F9N8O9S3+4. The molecule has 4 heterocycles. The second-order valence-electron chi connectivity index (χ2n) is 11.3. The van der Waals surface area contributed by atoms with Gasteiger partial charge in [0.1, 0.15) is 49.6 Å². The van der Waals surface area contributed by atoms with Crippen molar-refractivity contribution in [3.05, 3.63) is 74.4 Å². The molecule has 338 valence electrons. The molecule has 0 saturated heterocycles. The summed E-state index contributed by atoms with van der Waals surface area (Å²) in [5.74, 6) is 1.27. The number of halogens is 9. The van der Waals surface area contributed by atoms with Gasteiger partial charge in [-0.15, -0.1) is 0 Å². The minimum Gasteiger partial charge on any atom is -0.279 e. The van der Waals surface area contributed by atoms with Crippen molar-refractivity contribution in [1.29, 1.82) is 0 Å². The van der Waals surface area contributed by atoms with Crippen molar-refractivity contribution in [3.63, 3.8) is 0 Å². The second kappa shape index (κ2) is 25.4. The summed E-state index contributed by atoms with van der Waals surface area (Å²) in [5, 5.41) is 0. The Balaban J connectivity index is -0.000000610. The second-order valence-corrected chi connectivity index (χ2v) is 15.6. The van der Waals surface area contributed by atoms with Crippen LogP contribution in [-0.2, 0) is 85.2 Å². The van der Waals surface area contributed by atoms with Crippen LogP contribution in [0.3, 0.4) is 0 Å². The monoisotopic (exact) mass is 922 g/mol. The zero-order chi connectivity index (χ0) is 46.5. The molecule has 0 aliphatic heterocycles. The molecule has 3 N–H and O–H groups in total. The fourth-order valence-corrected chi connectivity index (χ4v) is 3.02. The fourth-order valence-electron chi connectivity index (χ4n) is 3.02. The molecule has 58 heavy (non-hydrogen) atoms. The quantitative estimate of drug-likeness (QED) is 0.117. The molecule has 4 aromatic rings. The third-order valence-corrected chi connectivity index (χ3v) is 8.14. The van der Waals surface area contributed by atoms with Crippen molar-refractivity contribution in [1.82, 2.24) is 18.3 Å². The minimum absolute atomic E-state index is 1.06. The van der Waals surface area contributed by atoms with E-state index >= 15 is 0 Å². The van der Waals surface area contributed by atoms with Crippen molar-refractivity contribution in [2.24, 2.45) is 35.2 Å². The number of nitrogens with zero attached hydrogens (tertiary/aromatic N) is 8. The minimum atomic E-state index is -5.84. The summed E-state index contributed by atoms with van der Waals surface area (Å²) < 4.78 is 189. The van der Waals surface area contributed by atoms with Crippen molar-refractivity contribution < 1.29 is 96.7 Å². The van der Waals surface area contributed by atoms with Crippen molar-refractivity contribution in [3.8, 4) is 0 Å². The van der Waals surface area contributed by atoms with E-state index in [1.54, 1.807) is 0 Å². The highest BCUT2D eigenvalue weighted by atomic mass is 32.2. The van der Waals surface area contributed by atoms with Crippen LogP contribution in [0.15, 0.2) is 68.6 Å². The van der Waals surface area contributed by atoms with Crippen molar-refractivity contribution in [2.75, 3.05) is 0 Å². The van der Waals surface area contributed by atoms with Gasteiger partial charge in [-0.3, -0.25) is 13.7 Å². The topological polar surface area (TPSA) is 198 Å². The zero-order valence-electron chi connectivity index (χ0n) is 32.9. The Morgan fingerprint density at radius 2 is 0.828 bits per heavy atom. The van der Waals surface area contributed by atoms with E-state index in [4.69, 9.17) is 38.9 Å². The van der Waals surface area contributed by atoms with Crippen LogP contribution in [0.1, 0.15) is 39.4 Å². The summed E-state index contributed by atoms with van der Waals surface area (Å²) >= 11 is 0. The lowest BCUT2D eigenvalue weighted by molar-refractivity contribution is -0.677. The van der Waals surface area contributed by atoms with Crippen molar-refractivity contribution >= 4 is 30.4 Å². The highest BCUT2D eigenvalue weighted by Crippen LogP contribution is 2.21. The molecule has 4 aromatic heterocycles. The van der Waals surface area contributed by atoms with Crippen LogP contribution in [0.4, 0.5) is 39.5 Å². The number of hydrogen-bond acceptors (Lipinski definition) is 6. The average Bonchev–Trinajstić information content (AvgIpc) is 3.86. The van der Waals surface area contributed by atoms with Crippen LogP contribution in [-0.4, -0.2) is 73.7 Å². The Labute approximate surface area is 331 Å². The molecule has 0 unspecified atom stereocenters. The first kappa shape index (κ1) is 58.3. The lowest BCUT2D eigenvalue weighted by Gasteiger charge is -1.97. The molecule has 0 aromatic carbocycles. The SMILES string of the molecule is CCCCn1cc[n+](C)c1.CCn1cc[n+](C)c1.CCn1cc[n+](C)c1.Cc1n(C)cc[n+]1C.O=S(=O)(O)C(F)(F)F.O=S(=O)(O)C(F)(F)F.O=S(=O)(O)C(F)(F)F. The molecular weight excluding hydrogens is 872 g/mol. The van der Waals surface area contributed by atoms with Crippen LogP contribution < -0.4 is 18.3 Å². The third kappa shape index (κ3) is 26.8. The summed E-state index contributed by atoms with van der Waals surface area (Å²) in [5.41, 5.74) is -16.6. The lowest BCUT2D eigenvalue weighted by Crippen LogP contribution is -2.29. The van der Waals surface area contributed by atoms with E-state index in [9.17, 15) is 39.5 Å². The first-order valence-corrected chi connectivity index (χ1v) is 20.4. The van der Waals surface area contributed by atoms with Gasteiger partial charge in [-0.05, 0) is 20.3 Å². The summed E-state index contributed by atoms with van der Waals surface area (Å²) in [6, 6.07) is 0. The Kier molecular flexibility index (Phi) is 25.5. The highest BCUT2D eigenvalue weighted by Gasteiger charge is 2.45. The summed E-state index contributed by atoms with van der Waals surface area (Å²) in [6.45, 7) is 11.8. The van der Waals surface area contributed by atoms with Gasteiger partial charge in [0, 0.05) is 6.92 Å². The van der Waals surface area contributed by atoms with Crippen LogP contribution >= 0.6 is 0 Å². The summed E-state index contributed by atoms with van der Waals surface area (Å²) in [6.07, 6.45) is 25.2. The average molecular weight is 923 g/mol. The molecule has 0 saturated carbocycles. The molecule has 0 fully saturated rings. The van der Waals surface area contributed by atoms with E-state index in [0.29, 0.717) is 0 Å². The van der Waals surface area contributed by atoms with Crippen molar-refractivity contribution in [2.45, 2.75) is 76.7 Å². The fraction of sp³-hybridized carbons (Fsp3) is 0.586. The number of aromatic nitrogens is 8. The maximum atomic E-state index is 10.7. The molecule has 0 aliphatic carbocycles. The van der Waals surface area contributed by atoms with Crippen LogP contribution in [0.2, 0.25) is 0 Å². The first-order chi connectivity index (χ1) is 25.9. The molecule has 17 nitrogen and oxygen atoms in total. The van der Waals surface area contributed by atoms with Crippen LogP contribution in [0.25, 0.3) is 0 Å². The molecule has 0 spiro atoms. The molecule has 4 rings (SSSR count). The van der Waals surface area contributed by atoms with E-state index in [-0.39, 0.29) is 0 Å². The summed E-state index contributed by atoms with van der Waals surface area (Å²) in [7, 11) is -7.36. The predicted octanol–water partition coefficient (Wildman–Crippen LogP) is 3.12. The normalized spacial score (nSPS) is 11.6. The van der Waals surface area contributed by atoms with E-state index in [1.165, 1.54) is 18.7 Å². The van der Waals surface area contributed by atoms with Crippen LogP contribution in [0.5, 0.6) is 0 Å². The molecule has 0 bridgehead atoms. The summed E-state index contributed by atoms with van der Waals surface area (Å²) in [4.78, 5) is 0. The molecule has 0 amide bonds. The zero-order valence-corrected chi connectivity index (χ0v) is 35.3. The number of alkyl halides is 9. The Morgan fingerprint density at radius 1 is 0.552 bits per heavy atom. The molecule has 0 aliphatic rings. The maximum Gasteiger partial charge on any atom is 0.522 e. The molecule has 0 radical (unpaired) electrons. The van der Waals surface area contributed by atoms with Gasteiger partial charge in [0.2, 0.25) is 19.0 Å². The standard InChI is InChI=1S/C8H15N2.3C6H11N2.3CHF3O3S/c1-3-4-5-10-7-6-9(2)8-10;1-6-7(2)4-5-8(6)3;2*1-3-8-5-4-7(2)6-8;3*2-1(3,4)8(5,6)7/h6-8H,3-5H2,1-2H3;4-5H,1-3H3;2*4-6H,3H2,1-2H3;3*(H,5,6,7)/q4*+1;;;. The number of imidazole rings is 4. The third-order valence-electron chi connectivity index (χ3n) is 6.38. The molecule has 29 heteroatoms. The highest BCUT2D eigenvalue weighted by molar-refractivity contribution is 7.87. The number of unbranched alkanes of at least 4 members (excludes halogenated alkanes) is 1. The smallest absolute Gasteiger partial charge is 0.279 e. The number of aryl methyl sites for hydroxylation is 8. The predicted molar refractivity (Wildman–Crippen MR) is 187 cm³/mol. The van der Waals surface area contributed by atoms with Gasteiger partial charge >= 0.3 is 46.9 Å². The number of rotatable bonds is 5. The van der Waals surface area contributed by atoms with E-state index in [1.807, 2.05) is 69.2 Å². The Bertz CT molecular complexity index is 1910. The van der Waals surface area contributed by atoms with Gasteiger partial charge in [-0.25, -0.2) is 36.5 Å². The molecule has 0 atom stereocenters. The largest absolute Gasteiger partial charge is 0.522 e.